The second-order valence-electron chi connectivity index (χ2n) is 5.67. The van der Waals surface area contributed by atoms with E-state index < -0.39 is 0 Å². The average molecular weight is 287 g/mol. The van der Waals surface area contributed by atoms with Crippen LogP contribution in [0.5, 0.6) is 0 Å². The summed E-state index contributed by atoms with van der Waals surface area (Å²) in [6, 6.07) is 11.6. The van der Waals surface area contributed by atoms with Gasteiger partial charge in [0, 0.05) is 24.6 Å². The third-order valence-corrected chi connectivity index (χ3v) is 4.40. The normalized spacial score (nSPS) is 18.0. The molecule has 1 saturated heterocycles. The van der Waals surface area contributed by atoms with E-state index in [2.05, 4.69) is 12.2 Å². The highest BCUT2D eigenvalue weighted by Crippen LogP contribution is 2.34. The molecule has 0 spiro atoms. The number of benzene rings is 2. The fraction of sp³-hybridized carbons (Fsp3) is 0.444. The van der Waals surface area contributed by atoms with E-state index >= 15 is 0 Å². The molecule has 1 aliphatic rings. The Morgan fingerprint density at radius 2 is 1.86 bits per heavy atom. The monoisotopic (exact) mass is 287 g/mol. The molecule has 0 bridgehead atoms. The molecular weight excluding hydrogens is 265 g/mol. The second-order valence-corrected chi connectivity index (χ2v) is 5.67. The van der Waals surface area contributed by atoms with Gasteiger partial charge in [-0.2, -0.15) is 0 Å². The van der Waals surface area contributed by atoms with E-state index in [4.69, 9.17) is 4.74 Å². The first-order valence-corrected chi connectivity index (χ1v) is 7.79. The Morgan fingerprint density at radius 3 is 2.57 bits per heavy atom. The van der Waals surface area contributed by atoms with Gasteiger partial charge >= 0.3 is 0 Å². The van der Waals surface area contributed by atoms with Crippen molar-refractivity contribution in [2.24, 2.45) is 5.92 Å². The van der Waals surface area contributed by atoms with Crippen molar-refractivity contribution in [3.8, 4) is 0 Å². The van der Waals surface area contributed by atoms with Gasteiger partial charge in [0.05, 0.1) is 0 Å². The summed E-state index contributed by atoms with van der Waals surface area (Å²) in [5.74, 6) is 0.407. The van der Waals surface area contributed by atoms with Crippen LogP contribution in [0, 0.1) is 11.7 Å². The largest absolute Gasteiger partial charge is 0.381 e. The molecule has 2 nitrogen and oxygen atoms in total. The smallest absolute Gasteiger partial charge is 0.131 e. The maximum absolute atomic E-state index is 14.0. The second kappa shape index (κ2) is 6.54. The molecule has 1 aliphatic heterocycles. The molecule has 1 unspecified atom stereocenters. The minimum Gasteiger partial charge on any atom is -0.381 e. The van der Waals surface area contributed by atoms with Crippen LogP contribution in [-0.4, -0.2) is 19.8 Å². The molecule has 21 heavy (non-hydrogen) atoms. The highest BCUT2D eigenvalue weighted by Gasteiger charge is 2.26. The summed E-state index contributed by atoms with van der Waals surface area (Å²) in [6.07, 6.45) is 2.12. The molecule has 2 aromatic carbocycles. The molecule has 1 N–H and O–H groups in total. The van der Waals surface area contributed by atoms with Gasteiger partial charge in [-0.3, -0.25) is 0 Å². The van der Waals surface area contributed by atoms with Gasteiger partial charge in [-0.1, -0.05) is 37.3 Å². The zero-order valence-electron chi connectivity index (χ0n) is 12.4. The van der Waals surface area contributed by atoms with Crippen molar-refractivity contribution in [2.45, 2.75) is 25.8 Å². The average Bonchev–Trinajstić information content (AvgIpc) is 2.55. The highest BCUT2D eigenvalue weighted by atomic mass is 19.1. The van der Waals surface area contributed by atoms with E-state index in [0.717, 1.165) is 38.0 Å². The lowest BCUT2D eigenvalue weighted by atomic mass is 9.85. The van der Waals surface area contributed by atoms with E-state index in [-0.39, 0.29) is 11.9 Å². The molecule has 3 rings (SSSR count). The SMILES string of the molecule is CCNC(c1ccc(F)c2ccccc12)C1CCOCC1. The van der Waals surface area contributed by atoms with Crippen LogP contribution in [0.15, 0.2) is 36.4 Å². The van der Waals surface area contributed by atoms with Gasteiger partial charge in [-0.25, -0.2) is 4.39 Å². The molecule has 0 radical (unpaired) electrons. The van der Waals surface area contributed by atoms with Crippen LogP contribution in [0.1, 0.15) is 31.4 Å². The highest BCUT2D eigenvalue weighted by molar-refractivity contribution is 5.86. The van der Waals surface area contributed by atoms with Gasteiger partial charge in [0.25, 0.3) is 0 Å². The van der Waals surface area contributed by atoms with E-state index in [1.165, 1.54) is 5.56 Å². The van der Waals surface area contributed by atoms with Crippen LogP contribution in [-0.2, 0) is 4.74 Å². The third kappa shape index (κ3) is 2.94. The standard InChI is InChI=1S/C18H22FNO/c1-2-20-18(13-9-11-21-12-10-13)16-7-8-17(19)15-6-4-3-5-14(15)16/h3-8,13,18,20H,2,9-12H2,1H3. The number of fused-ring (bicyclic) bond motifs is 1. The quantitative estimate of drug-likeness (QED) is 0.915. The van der Waals surface area contributed by atoms with E-state index in [1.807, 2.05) is 30.3 Å². The third-order valence-electron chi connectivity index (χ3n) is 4.40. The van der Waals surface area contributed by atoms with Crippen molar-refractivity contribution < 1.29 is 9.13 Å². The summed E-state index contributed by atoms with van der Waals surface area (Å²) >= 11 is 0. The van der Waals surface area contributed by atoms with Crippen molar-refractivity contribution in [1.82, 2.24) is 5.32 Å². The molecule has 0 aliphatic carbocycles. The fourth-order valence-corrected chi connectivity index (χ4v) is 3.36. The van der Waals surface area contributed by atoms with Crippen LogP contribution in [0.2, 0.25) is 0 Å². The molecule has 2 aromatic rings. The number of halogens is 1. The van der Waals surface area contributed by atoms with Crippen LogP contribution in [0.25, 0.3) is 10.8 Å². The molecule has 0 saturated carbocycles. The fourth-order valence-electron chi connectivity index (χ4n) is 3.36. The summed E-state index contributed by atoms with van der Waals surface area (Å²) < 4.78 is 19.5. The van der Waals surface area contributed by atoms with E-state index in [1.54, 1.807) is 6.07 Å². The number of rotatable bonds is 4. The number of hydrogen-bond acceptors (Lipinski definition) is 2. The van der Waals surface area contributed by atoms with Gasteiger partial charge in [-0.05, 0) is 42.3 Å². The number of hydrogen-bond donors (Lipinski definition) is 1. The predicted octanol–water partition coefficient (Wildman–Crippen LogP) is 4.06. The maximum atomic E-state index is 14.0. The summed E-state index contributed by atoms with van der Waals surface area (Å²) in [4.78, 5) is 0. The minimum atomic E-state index is -0.142. The zero-order valence-corrected chi connectivity index (χ0v) is 12.4. The first-order chi connectivity index (χ1) is 10.3. The Balaban J connectivity index is 2.04. The first kappa shape index (κ1) is 14.5. The van der Waals surface area contributed by atoms with E-state index in [0.29, 0.717) is 11.3 Å². The lowest BCUT2D eigenvalue weighted by Crippen LogP contribution is -2.32. The lowest BCUT2D eigenvalue weighted by Gasteiger charge is -2.32. The van der Waals surface area contributed by atoms with E-state index in [9.17, 15) is 4.39 Å². The van der Waals surface area contributed by atoms with Gasteiger partial charge < -0.3 is 10.1 Å². The minimum absolute atomic E-state index is 0.142. The van der Waals surface area contributed by atoms with Gasteiger partial charge in [0.15, 0.2) is 0 Å². The molecule has 1 atom stereocenters. The van der Waals surface area contributed by atoms with Crippen molar-refractivity contribution in [2.75, 3.05) is 19.8 Å². The zero-order chi connectivity index (χ0) is 14.7. The summed E-state index contributed by atoms with van der Waals surface area (Å²) in [5.41, 5.74) is 1.21. The first-order valence-electron chi connectivity index (χ1n) is 7.79. The summed E-state index contributed by atoms with van der Waals surface area (Å²) in [6.45, 7) is 4.68. The van der Waals surface area contributed by atoms with Crippen molar-refractivity contribution in [1.29, 1.82) is 0 Å². The molecule has 0 aromatic heterocycles. The van der Waals surface area contributed by atoms with Gasteiger partial charge in [0.1, 0.15) is 5.82 Å². The van der Waals surface area contributed by atoms with Crippen molar-refractivity contribution in [3.63, 3.8) is 0 Å². The Labute approximate surface area is 125 Å². The Hall–Kier alpha value is -1.45. The predicted molar refractivity (Wildman–Crippen MR) is 83.9 cm³/mol. The Bertz CT molecular complexity index is 607. The van der Waals surface area contributed by atoms with Crippen LogP contribution < -0.4 is 5.32 Å². The van der Waals surface area contributed by atoms with Gasteiger partial charge in [0.2, 0.25) is 0 Å². The van der Waals surface area contributed by atoms with Gasteiger partial charge in [-0.15, -0.1) is 0 Å². The van der Waals surface area contributed by atoms with Crippen LogP contribution in [0.3, 0.4) is 0 Å². The van der Waals surface area contributed by atoms with Crippen molar-refractivity contribution in [3.05, 3.63) is 47.8 Å². The summed E-state index contributed by atoms with van der Waals surface area (Å²) in [5, 5.41) is 5.34. The lowest BCUT2D eigenvalue weighted by molar-refractivity contribution is 0.0540. The van der Waals surface area contributed by atoms with Crippen LogP contribution >= 0.6 is 0 Å². The van der Waals surface area contributed by atoms with Crippen LogP contribution in [0.4, 0.5) is 4.39 Å². The maximum Gasteiger partial charge on any atom is 0.131 e. The number of nitrogens with one attached hydrogen (secondary N) is 1. The Kier molecular flexibility index (Phi) is 4.51. The Morgan fingerprint density at radius 1 is 1.14 bits per heavy atom. The molecule has 1 heterocycles. The molecular formula is C18H22FNO. The molecule has 0 amide bonds. The molecule has 1 fully saturated rings. The summed E-state index contributed by atoms with van der Waals surface area (Å²) in [7, 11) is 0. The number of ether oxygens (including phenoxy) is 1. The molecule has 112 valence electrons. The molecule has 3 heteroatoms. The topological polar surface area (TPSA) is 21.3 Å². The van der Waals surface area contributed by atoms with Crippen molar-refractivity contribution >= 4 is 10.8 Å².